The van der Waals surface area contributed by atoms with Crippen LogP contribution in [0.2, 0.25) is 0 Å². The number of benzene rings is 2. The minimum Gasteiger partial charge on any atom is -0.497 e. The summed E-state index contributed by atoms with van der Waals surface area (Å²) in [4.78, 5) is 12.4. The Balaban J connectivity index is 2.17. The maximum absolute atomic E-state index is 12.4. The molecule has 0 saturated carbocycles. The van der Waals surface area contributed by atoms with Crippen LogP contribution >= 0.6 is 0 Å². The molecule has 2 rings (SSSR count). The van der Waals surface area contributed by atoms with Gasteiger partial charge in [-0.2, -0.15) is 0 Å². The Hall–Kier alpha value is -2.29. The van der Waals surface area contributed by atoms with Crippen molar-refractivity contribution in [3.05, 3.63) is 65.2 Å². The smallest absolute Gasteiger partial charge is 0.251 e. The maximum atomic E-state index is 12.4. The van der Waals surface area contributed by atoms with Crippen molar-refractivity contribution in [3.8, 4) is 5.75 Å². The number of hydrogen-bond acceptors (Lipinski definition) is 2. The number of nitrogens with one attached hydrogen (secondary N) is 1. The molecular formula is C19H23NO2. The van der Waals surface area contributed by atoms with Gasteiger partial charge >= 0.3 is 0 Å². The number of ether oxygens (including phenoxy) is 1. The SMILES string of the molecule is COc1ccc([C@H](NC(=O)c2ccc(C)cc2)C(C)C)cc1. The highest BCUT2D eigenvalue weighted by Gasteiger charge is 2.19. The largest absolute Gasteiger partial charge is 0.497 e. The van der Waals surface area contributed by atoms with Crippen molar-refractivity contribution in [3.63, 3.8) is 0 Å². The lowest BCUT2D eigenvalue weighted by molar-refractivity contribution is 0.0925. The van der Waals surface area contributed by atoms with Gasteiger partial charge in [0, 0.05) is 5.56 Å². The van der Waals surface area contributed by atoms with Crippen LogP contribution < -0.4 is 10.1 Å². The van der Waals surface area contributed by atoms with Gasteiger partial charge in [0.2, 0.25) is 0 Å². The summed E-state index contributed by atoms with van der Waals surface area (Å²) in [7, 11) is 1.65. The number of carbonyl (C=O) groups excluding carboxylic acids is 1. The molecule has 0 aromatic heterocycles. The Morgan fingerprint density at radius 2 is 1.59 bits per heavy atom. The molecule has 0 aliphatic rings. The molecule has 1 N–H and O–H groups in total. The third-order valence-electron chi connectivity index (χ3n) is 3.74. The number of aryl methyl sites for hydroxylation is 1. The number of rotatable bonds is 5. The summed E-state index contributed by atoms with van der Waals surface area (Å²) in [5.74, 6) is 1.06. The molecule has 0 unspecified atom stereocenters. The Morgan fingerprint density at radius 3 is 2.09 bits per heavy atom. The first-order valence-corrected chi connectivity index (χ1v) is 7.52. The molecule has 0 spiro atoms. The molecule has 0 fully saturated rings. The van der Waals surface area contributed by atoms with E-state index in [1.165, 1.54) is 0 Å². The van der Waals surface area contributed by atoms with E-state index in [4.69, 9.17) is 4.74 Å². The Morgan fingerprint density at radius 1 is 1.00 bits per heavy atom. The van der Waals surface area contributed by atoms with E-state index in [0.717, 1.165) is 16.9 Å². The molecule has 2 aromatic rings. The standard InChI is InChI=1S/C19H23NO2/c1-13(2)18(15-9-11-17(22-4)12-10-15)20-19(21)16-7-5-14(3)6-8-16/h5-13,18H,1-4H3,(H,20,21)/t18-/m1/s1. The van der Waals surface area contributed by atoms with Crippen LogP contribution in [0.1, 0.15) is 41.4 Å². The minimum atomic E-state index is -0.0467. The number of carbonyl (C=O) groups is 1. The quantitative estimate of drug-likeness (QED) is 0.901. The Labute approximate surface area is 132 Å². The summed E-state index contributed by atoms with van der Waals surface area (Å²) in [5.41, 5.74) is 2.91. The lowest BCUT2D eigenvalue weighted by Gasteiger charge is -2.23. The molecule has 2 aromatic carbocycles. The maximum Gasteiger partial charge on any atom is 0.251 e. The van der Waals surface area contributed by atoms with E-state index < -0.39 is 0 Å². The molecule has 1 atom stereocenters. The van der Waals surface area contributed by atoms with Crippen molar-refractivity contribution in [2.75, 3.05) is 7.11 Å². The van der Waals surface area contributed by atoms with Gasteiger partial charge in [-0.15, -0.1) is 0 Å². The molecule has 22 heavy (non-hydrogen) atoms. The normalized spacial score (nSPS) is 12.0. The molecule has 0 bridgehead atoms. The van der Waals surface area contributed by atoms with E-state index in [9.17, 15) is 4.79 Å². The fraction of sp³-hybridized carbons (Fsp3) is 0.316. The van der Waals surface area contributed by atoms with Gasteiger partial charge in [-0.25, -0.2) is 0 Å². The number of amides is 1. The molecule has 0 aliphatic heterocycles. The van der Waals surface area contributed by atoms with Gasteiger partial charge in [0.15, 0.2) is 0 Å². The third kappa shape index (κ3) is 3.88. The van der Waals surface area contributed by atoms with E-state index >= 15 is 0 Å². The van der Waals surface area contributed by atoms with Crippen molar-refractivity contribution < 1.29 is 9.53 Å². The molecule has 116 valence electrons. The summed E-state index contributed by atoms with van der Waals surface area (Å²) < 4.78 is 5.18. The minimum absolute atomic E-state index is 0.0280. The third-order valence-corrected chi connectivity index (χ3v) is 3.74. The fourth-order valence-electron chi connectivity index (χ4n) is 2.38. The lowest BCUT2D eigenvalue weighted by atomic mass is 9.95. The van der Waals surface area contributed by atoms with Crippen molar-refractivity contribution in [1.82, 2.24) is 5.32 Å². The molecular weight excluding hydrogens is 274 g/mol. The first-order chi connectivity index (χ1) is 10.5. The zero-order valence-electron chi connectivity index (χ0n) is 13.6. The highest BCUT2D eigenvalue weighted by molar-refractivity contribution is 5.94. The summed E-state index contributed by atoms with van der Waals surface area (Å²) >= 11 is 0. The second kappa shape index (κ2) is 7.12. The Kier molecular flexibility index (Phi) is 5.21. The van der Waals surface area contributed by atoms with Gasteiger partial charge in [0.1, 0.15) is 5.75 Å². The number of hydrogen-bond donors (Lipinski definition) is 1. The van der Waals surface area contributed by atoms with Crippen LogP contribution in [0.15, 0.2) is 48.5 Å². The van der Waals surface area contributed by atoms with Crippen LogP contribution in [-0.2, 0) is 0 Å². The van der Waals surface area contributed by atoms with E-state index in [-0.39, 0.29) is 11.9 Å². The zero-order valence-corrected chi connectivity index (χ0v) is 13.6. The van der Waals surface area contributed by atoms with Crippen molar-refractivity contribution in [1.29, 1.82) is 0 Å². The average molecular weight is 297 g/mol. The molecule has 0 saturated heterocycles. The lowest BCUT2D eigenvalue weighted by Crippen LogP contribution is -2.31. The molecule has 0 heterocycles. The summed E-state index contributed by atoms with van der Waals surface area (Å²) in [6.07, 6.45) is 0. The van der Waals surface area contributed by atoms with Gasteiger partial charge in [-0.05, 0) is 42.7 Å². The number of methoxy groups -OCH3 is 1. The Bertz CT molecular complexity index is 615. The molecule has 3 heteroatoms. The monoisotopic (exact) mass is 297 g/mol. The molecule has 0 aliphatic carbocycles. The van der Waals surface area contributed by atoms with E-state index in [0.29, 0.717) is 11.5 Å². The highest BCUT2D eigenvalue weighted by Crippen LogP contribution is 2.24. The van der Waals surface area contributed by atoms with Crippen LogP contribution in [0, 0.1) is 12.8 Å². The van der Waals surface area contributed by atoms with Gasteiger partial charge in [0.05, 0.1) is 13.2 Å². The van der Waals surface area contributed by atoms with Crippen LogP contribution in [0.3, 0.4) is 0 Å². The second-order valence-corrected chi connectivity index (χ2v) is 5.83. The van der Waals surface area contributed by atoms with Crippen molar-refractivity contribution >= 4 is 5.91 Å². The first kappa shape index (κ1) is 16.1. The van der Waals surface area contributed by atoms with E-state index in [1.54, 1.807) is 7.11 Å². The molecule has 0 radical (unpaired) electrons. The van der Waals surface area contributed by atoms with Crippen molar-refractivity contribution in [2.45, 2.75) is 26.8 Å². The topological polar surface area (TPSA) is 38.3 Å². The predicted octanol–water partition coefficient (Wildman–Crippen LogP) is 4.13. The average Bonchev–Trinajstić information content (AvgIpc) is 2.53. The predicted molar refractivity (Wildman–Crippen MR) is 89.2 cm³/mol. The van der Waals surface area contributed by atoms with Gasteiger partial charge in [-0.3, -0.25) is 4.79 Å². The van der Waals surface area contributed by atoms with E-state index in [2.05, 4.69) is 19.2 Å². The van der Waals surface area contributed by atoms with E-state index in [1.807, 2.05) is 55.5 Å². The van der Waals surface area contributed by atoms with Gasteiger partial charge in [-0.1, -0.05) is 43.7 Å². The fourth-order valence-corrected chi connectivity index (χ4v) is 2.38. The van der Waals surface area contributed by atoms with Gasteiger partial charge in [0.25, 0.3) is 5.91 Å². The van der Waals surface area contributed by atoms with Crippen LogP contribution in [0.25, 0.3) is 0 Å². The molecule has 1 amide bonds. The highest BCUT2D eigenvalue weighted by atomic mass is 16.5. The van der Waals surface area contributed by atoms with Crippen molar-refractivity contribution in [2.24, 2.45) is 5.92 Å². The second-order valence-electron chi connectivity index (χ2n) is 5.83. The first-order valence-electron chi connectivity index (χ1n) is 7.52. The zero-order chi connectivity index (χ0) is 16.1. The summed E-state index contributed by atoms with van der Waals surface area (Å²) in [6, 6.07) is 15.4. The van der Waals surface area contributed by atoms with Crippen LogP contribution in [-0.4, -0.2) is 13.0 Å². The molecule has 3 nitrogen and oxygen atoms in total. The van der Waals surface area contributed by atoms with Crippen LogP contribution in [0.4, 0.5) is 0 Å². The summed E-state index contributed by atoms with van der Waals surface area (Å²) in [5, 5.41) is 3.13. The van der Waals surface area contributed by atoms with Crippen LogP contribution in [0.5, 0.6) is 5.75 Å². The van der Waals surface area contributed by atoms with Gasteiger partial charge < -0.3 is 10.1 Å². The summed E-state index contributed by atoms with van der Waals surface area (Å²) in [6.45, 7) is 6.21.